The predicted molar refractivity (Wildman–Crippen MR) is 67.8 cm³/mol. The molecule has 1 aliphatic heterocycles. The third-order valence-electron chi connectivity index (χ3n) is 2.90. The molecule has 1 saturated heterocycles. The standard InChI is InChI=1S/C13H16O3S/c1-9-3-2-4-11(13(14)15)12(9)17-10-5-7-16-8-6-10/h2-4,10H,5-8H2,1H3,(H,14,15). The van der Waals surface area contributed by atoms with Crippen molar-refractivity contribution in [2.24, 2.45) is 0 Å². The monoisotopic (exact) mass is 252 g/mol. The number of carboxylic acids is 1. The first kappa shape index (κ1) is 12.5. The molecule has 0 spiro atoms. The first-order valence-electron chi connectivity index (χ1n) is 5.76. The Hall–Kier alpha value is -1.00. The zero-order valence-electron chi connectivity index (χ0n) is 9.81. The summed E-state index contributed by atoms with van der Waals surface area (Å²) in [7, 11) is 0. The molecule has 1 heterocycles. The highest BCUT2D eigenvalue weighted by atomic mass is 32.2. The minimum Gasteiger partial charge on any atom is -0.478 e. The molecule has 92 valence electrons. The molecule has 1 fully saturated rings. The van der Waals surface area contributed by atoms with Crippen LogP contribution in [0.3, 0.4) is 0 Å². The van der Waals surface area contributed by atoms with Gasteiger partial charge >= 0.3 is 5.97 Å². The van der Waals surface area contributed by atoms with Gasteiger partial charge in [0.2, 0.25) is 0 Å². The van der Waals surface area contributed by atoms with Crippen LogP contribution in [-0.4, -0.2) is 29.5 Å². The van der Waals surface area contributed by atoms with Gasteiger partial charge in [-0.3, -0.25) is 0 Å². The van der Waals surface area contributed by atoms with Crippen LogP contribution in [0.25, 0.3) is 0 Å². The molecule has 1 aromatic carbocycles. The Morgan fingerprint density at radius 2 is 2.12 bits per heavy atom. The fourth-order valence-electron chi connectivity index (χ4n) is 1.94. The Balaban J connectivity index is 2.21. The summed E-state index contributed by atoms with van der Waals surface area (Å²) in [5.74, 6) is -0.844. The van der Waals surface area contributed by atoms with E-state index in [1.165, 1.54) is 0 Å². The number of hydrogen-bond acceptors (Lipinski definition) is 3. The van der Waals surface area contributed by atoms with Gasteiger partial charge in [0.25, 0.3) is 0 Å². The van der Waals surface area contributed by atoms with E-state index in [2.05, 4.69) is 0 Å². The van der Waals surface area contributed by atoms with Crippen LogP contribution in [0, 0.1) is 6.92 Å². The highest BCUT2D eigenvalue weighted by molar-refractivity contribution is 8.00. The third-order valence-corrected chi connectivity index (χ3v) is 4.48. The lowest BCUT2D eigenvalue weighted by atomic mass is 10.1. The molecule has 0 bridgehead atoms. The Labute approximate surface area is 105 Å². The van der Waals surface area contributed by atoms with Crippen LogP contribution in [0.4, 0.5) is 0 Å². The van der Waals surface area contributed by atoms with E-state index in [4.69, 9.17) is 4.74 Å². The largest absolute Gasteiger partial charge is 0.478 e. The van der Waals surface area contributed by atoms with Crippen LogP contribution < -0.4 is 0 Å². The Morgan fingerprint density at radius 1 is 1.41 bits per heavy atom. The lowest BCUT2D eigenvalue weighted by Crippen LogP contribution is -2.18. The molecule has 17 heavy (non-hydrogen) atoms. The molecule has 1 aromatic rings. The summed E-state index contributed by atoms with van der Waals surface area (Å²) >= 11 is 1.69. The maximum Gasteiger partial charge on any atom is 0.336 e. The van der Waals surface area contributed by atoms with E-state index in [-0.39, 0.29) is 0 Å². The summed E-state index contributed by atoms with van der Waals surface area (Å²) in [4.78, 5) is 12.1. The molecule has 3 nitrogen and oxygen atoms in total. The molecule has 0 saturated carbocycles. The van der Waals surface area contributed by atoms with Gasteiger partial charge in [-0.1, -0.05) is 12.1 Å². The maximum absolute atomic E-state index is 11.2. The molecule has 0 aromatic heterocycles. The molecule has 0 radical (unpaired) electrons. The van der Waals surface area contributed by atoms with Gasteiger partial charge in [-0.15, -0.1) is 11.8 Å². The van der Waals surface area contributed by atoms with Gasteiger partial charge in [-0.2, -0.15) is 0 Å². The molecule has 0 atom stereocenters. The number of aryl methyl sites for hydroxylation is 1. The van der Waals surface area contributed by atoms with E-state index in [1.807, 2.05) is 13.0 Å². The van der Waals surface area contributed by atoms with E-state index in [1.54, 1.807) is 23.9 Å². The van der Waals surface area contributed by atoms with Crippen molar-refractivity contribution in [2.45, 2.75) is 29.9 Å². The zero-order chi connectivity index (χ0) is 12.3. The Morgan fingerprint density at radius 3 is 2.76 bits per heavy atom. The second kappa shape index (κ2) is 5.56. The molecule has 0 amide bonds. The molecular formula is C13H16O3S. The topological polar surface area (TPSA) is 46.5 Å². The van der Waals surface area contributed by atoms with Crippen molar-refractivity contribution in [2.75, 3.05) is 13.2 Å². The van der Waals surface area contributed by atoms with Crippen molar-refractivity contribution in [3.05, 3.63) is 29.3 Å². The van der Waals surface area contributed by atoms with Gasteiger partial charge in [0.1, 0.15) is 0 Å². The van der Waals surface area contributed by atoms with Crippen molar-refractivity contribution in [1.82, 2.24) is 0 Å². The van der Waals surface area contributed by atoms with E-state index < -0.39 is 5.97 Å². The Kier molecular flexibility index (Phi) is 4.07. The fourth-order valence-corrected chi connectivity index (χ4v) is 3.24. The van der Waals surface area contributed by atoms with E-state index in [0.717, 1.165) is 36.5 Å². The molecule has 2 rings (SSSR count). The minimum atomic E-state index is -0.844. The summed E-state index contributed by atoms with van der Waals surface area (Å²) in [6, 6.07) is 5.44. The number of carboxylic acid groups (broad SMARTS) is 1. The second-order valence-corrected chi connectivity index (χ2v) is 5.50. The number of carbonyl (C=O) groups is 1. The van der Waals surface area contributed by atoms with Crippen LogP contribution in [0.15, 0.2) is 23.1 Å². The lowest BCUT2D eigenvalue weighted by molar-refractivity contribution is 0.0693. The molecule has 4 heteroatoms. The van der Waals surface area contributed by atoms with E-state index in [9.17, 15) is 9.90 Å². The summed E-state index contributed by atoms with van der Waals surface area (Å²) in [6.07, 6.45) is 2.00. The number of hydrogen-bond donors (Lipinski definition) is 1. The SMILES string of the molecule is Cc1cccc(C(=O)O)c1SC1CCOCC1. The second-order valence-electron chi connectivity index (χ2n) is 4.19. The summed E-state index contributed by atoms with van der Waals surface area (Å²) in [6.45, 7) is 3.53. The smallest absolute Gasteiger partial charge is 0.336 e. The molecule has 1 aliphatic rings. The van der Waals surface area contributed by atoms with Gasteiger partial charge in [-0.25, -0.2) is 4.79 Å². The van der Waals surface area contributed by atoms with Gasteiger partial charge in [0.05, 0.1) is 5.56 Å². The fraction of sp³-hybridized carbons (Fsp3) is 0.462. The lowest BCUT2D eigenvalue weighted by Gasteiger charge is -2.22. The summed E-state index contributed by atoms with van der Waals surface area (Å²) < 4.78 is 5.32. The number of rotatable bonds is 3. The molecule has 0 unspecified atom stereocenters. The first-order valence-corrected chi connectivity index (χ1v) is 6.64. The third kappa shape index (κ3) is 3.01. The number of ether oxygens (including phenoxy) is 1. The molecular weight excluding hydrogens is 236 g/mol. The highest BCUT2D eigenvalue weighted by Gasteiger charge is 2.19. The van der Waals surface area contributed by atoms with Gasteiger partial charge in [0.15, 0.2) is 0 Å². The normalized spacial score (nSPS) is 17.0. The quantitative estimate of drug-likeness (QED) is 0.898. The van der Waals surface area contributed by atoms with E-state index >= 15 is 0 Å². The van der Waals surface area contributed by atoms with Crippen molar-refractivity contribution >= 4 is 17.7 Å². The van der Waals surface area contributed by atoms with Crippen LogP contribution in [-0.2, 0) is 4.74 Å². The summed E-state index contributed by atoms with van der Waals surface area (Å²) in [5, 5.41) is 9.66. The molecule has 0 aliphatic carbocycles. The van der Waals surface area contributed by atoms with Gasteiger partial charge in [0, 0.05) is 23.4 Å². The van der Waals surface area contributed by atoms with Crippen molar-refractivity contribution in [3.8, 4) is 0 Å². The van der Waals surface area contributed by atoms with Crippen LogP contribution in [0.2, 0.25) is 0 Å². The maximum atomic E-state index is 11.2. The predicted octanol–water partition coefficient (Wildman–Crippen LogP) is 2.96. The number of thioether (sulfide) groups is 1. The van der Waals surface area contributed by atoms with Gasteiger partial charge < -0.3 is 9.84 Å². The van der Waals surface area contributed by atoms with Gasteiger partial charge in [-0.05, 0) is 31.4 Å². The Bertz CT molecular complexity index is 411. The van der Waals surface area contributed by atoms with Crippen molar-refractivity contribution in [3.63, 3.8) is 0 Å². The molecule has 1 N–H and O–H groups in total. The van der Waals surface area contributed by atoms with E-state index in [0.29, 0.717) is 10.8 Å². The number of aromatic carboxylic acids is 1. The van der Waals surface area contributed by atoms with Crippen molar-refractivity contribution < 1.29 is 14.6 Å². The van der Waals surface area contributed by atoms with Crippen LogP contribution >= 0.6 is 11.8 Å². The number of benzene rings is 1. The zero-order valence-corrected chi connectivity index (χ0v) is 10.6. The minimum absolute atomic E-state index is 0.418. The average molecular weight is 252 g/mol. The van der Waals surface area contributed by atoms with Crippen LogP contribution in [0.1, 0.15) is 28.8 Å². The van der Waals surface area contributed by atoms with Crippen LogP contribution in [0.5, 0.6) is 0 Å². The average Bonchev–Trinajstić information content (AvgIpc) is 2.33. The summed E-state index contributed by atoms with van der Waals surface area (Å²) in [5.41, 5.74) is 1.46. The first-order chi connectivity index (χ1) is 8.18. The highest BCUT2D eigenvalue weighted by Crippen LogP contribution is 2.34. The van der Waals surface area contributed by atoms with Crippen molar-refractivity contribution in [1.29, 1.82) is 0 Å².